The highest BCUT2D eigenvalue weighted by atomic mass is 16.6. The molecule has 6 nitrogen and oxygen atoms in total. The van der Waals surface area contributed by atoms with Gasteiger partial charge in [-0.25, -0.2) is 0 Å². The quantitative estimate of drug-likeness (QED) is 0.661. The number of benzene rings is 1. The lowest BCUT2D eigenvalue weighted by atomic mass is 9.66. The predicted octanol–water partition coefficient (Wildman–Crippen LogP) is 4.13. The first-order valence-corrected chi connectivity index (χ1v) is 12.5. The van der Waals surface area contributed by atoms with E-state index >= 15 is 0 Å². The van der Waals surface area contributed by atoms with Crippen molar-refractivity contribution in [3.8, 4) is 5.75 Å². The van der Waals surface area contributed by atoms with E-state index in [2.05, 4.69) is 37.9 Å². The second-order valence-electron chi connectivity index (χ2n) is 10.2. The van der Waals surface area contributed by atoms with Crippen LogP contribution in [0.2, 0.25) is 0 Å². The van der Waals surface area contributed by atoms with Gasteiger partial charge in [-0.1, -0.05) is 25.1 Å². The number of piperidine rings is 1. The Morgan fingerprint density at radius 3 is 2.67 bits per heavy atom. The van der Waals surface area contributed by atoms with Gasteiger partial charge in [0.15, 0.2) is 12.0 Å². The lowest BCUT2D eigenvalue weighted by Crippen LogP contribution is -2.53. The zero-order valence-electron chi connectivity index (χ0n) is 20.2. The van der Waals surface area contributed by atoms with Crippen molar-refractivity contribution >= 4 is 11.6 Å². The van der Waals surface area contributed by atoms with Crippen LogP contribution >= 0.6 is 0 Å². The number of methoxy groups -OCH3 is 1. The van der Waals surface area contributed by atoms with Gasteiger partial charge in [0.1, 0.15) is 5.75 Å². The Kier molecular flexibility index (Phi) is 5.86. The van der Waals surface area contributed by atoms with Gasteiger partial charge in [-0.05, 0) is 75.2 Å². The zero-order chi connectivity index (χ0) is 23.2. The van der Waals surface area contributed by atoms with Crippen molar-refractivity contribution in [2.75, 3.05) is 26.7 Å². The highest BCUT2D eigenvalue weighted by molar-refractivity contribution is 6.02. The van der Waals surface area contributed by atoms with Crippen LogP contribution in [0.15, 0.2) is 41.9 Å². The lowest BCUT2D eigenvalue weighted by molar-refractivity contribution is -0.154. The summed E-state index contributed by atoms with van der Waals surface area (Å²) in [6.45, 7) is 11.0. The summed E-state index contributed by atoms with van der Waals surface area (Å²) in [7, 11) is 1.69. The first-order valence-electron chi connectivity index (χ1n) is 12.5. The molecule has 1 amide bonds. The normalized spacial score (nSPS) is 36.3. The number of fused-ring (bicyclic) bond motifs is 1. The van der Waals surface area contributed by atoms with E-state index in [0.717, 1.165) is 43.8 Å². The van der Waals surface area contributed by atoms with E-state index in [1.54, 1.807) is 7.11 Å². The molecule has 2 bridgehead atoms. The molecule has 2 saturated heterocycles. The predicted molar refractivity (Wildman–Crippen MR) is 129 cm³/mol. The second-order valence-corrected chi connectivity index (χ2v) is 10.2. The van der Waals surface area contributed by atoms with Crippen molar-refractivity contribution in [3.63, 3.8) is 0 Å². The molecule has 3 fully saturated rings. The van der Waals surface area contributed by atoms with Crippen LogP contribution in [0.1, 0.15) is 57.4 Å². The minimum atomic E-state index is -0.708. The molecule has 0 unspecified atom stereocenters. The van der Waals surface area contributed by atoms with Crippen LogP contribution < -0.4 is 10.1 Å². The van der Waals surface area contributed by atoms with E-state index in [1.807, 2.05) is 23.1 Å². The molecule has 1 N–H and O–H groups in total. The third kappa shape index (κ3) is 3.36. The van der Waals surface area contributed by atoms with Crippen LogP contribution in [0, 0.1) is 17.3 Å². The van der Waals surface area contributed by atoms with Gasteiger partial charge in [-0.3, -0.25) is 9.79 Å². The van der Waals surface area contributed by atoms with Crippen molar-refractivity contribution in [1.29, 1.82) is 0 Å². The van der Waals surface area contributed by atoms with E-state index in [4.69, 9.17) is 14.5 Å². The second kappa shape index (κ2) is 8.55. The number of amides is 1. The van der Waals surface area contributed by atoms with E-state index in [1.165, 1.54) is 5.56 Å². The van der Waals surface area contributed by atoms with E-state index in [9.17, 15) is 4.79 Å². The summed E-state index contributed by atoms with van der Waals surface area (Å²) in [5.74, 6) is 1.78. The molecule has 3 heterocycles. The standard InChI is InChI=1S/C27H37N3O3/c1-5-13-26-17-27(30(6-2)25(26)31)23(29-24(33-27)20-11-14-28-15-12-20)16-22(18(26)3)19-7-9-21(32-4)10-8-19/h5,7-10,18,20,22,24,28H,1,6,11-17H2,2-4H3/t18-,22+,24-,26+,27+/m1/s1. The van der Waals surface area contributed by atoms with E-state index < -0.39 is 11.1 Å². The summed E-state index contributed by atoms with van der Waals surface area (Å²) in [5, 5.41) is 3.45. The number of carbonyl (C=O) groups is 1. The maximum Gasteiger partial charge on any atom is 0.232 e. The molecule has 1 aliphatic carbocycles. The number of nitrogens with zero attached hydrogens (tertiary/aromatic N) is 2. The van der Waals surface area contributed by atoms with Crippen LogP contribution in [0.5, 0.6) is 5.75 Å². The number of carbonyl (C=O) groups excluding carboxylic acids is 1. The first kappa shape index (κ1) is 22.6. The molecule has 0 radical (unpaired) electrons. The molecule has 3 aliphatic heterocycles. The van der Waals surface area contributed by atoms with Crippen LogP contribution in [-0.2, 0) is 9.53 Å². The molecule has 5 atom stereocenters. The number of rotatable bonds is 6. The summed E-state index contributed by atoms with van der Waals surface area (Å²) in [6.07, 6.45) is 6.04. The maximum absolute atomic E-state index is 14.1. The van der Waals surface area contributed by atoms with Gasteiger partial charge in [0, 0.05) is 18.9 Å². The number of likely N-dealkylation sites (tertiary alicyclic amines) is 1. The summed E-state index contributed by atoms with van der Waals surface area (Å²) >= 11 is 0. The minimum Gasteiger partial charge on any atom is -0.497 e. The van der Waals surface area contributed by atoms with Crippen molar-refractivity contribution in [3.05, 3.63) is 42.5 Å². The molecule has 1 aromatic rings. The minimum absolute atomic E-state index is 0.138. The smallest absolute Gasteiger partial charge is 0.232 e. The molecule has 1 aromatic carbocycles. The van der Waals surface area contributed by atoms with Gasteiger partial charge in [0.25, 0.3) is 0 Å². The number of nitrogens with one attached hydrogen (secondary N) is 1. The molecule has 178 valence electrons. The summed E-state index contributed by atoms with van der Waals surface area (Å²) in [5.41, 5.74) is 1.07. The Hall–Kier alpha value is -2.18. The topological polar surface area (TPSA) is 63.2 Å². The van der Waals surface area contributed by atoms with Crippen LogP contribution in [-0.4, -0.2) is 55.2 Å². The molecule has 33 heavy (non-hydrogen) atoms. The number of ether oxygens (including phenoxy) is 2. The third-order valence-corrected chi connectivity index (χ3v) is 8.76. The van der Waals surface area contributed by atoms with Crippen LogP contribution in [0.3, 0.4) is 0 Å². The number of hydrogen-bond acceptors (Lipinski definition) is 5. The van der Waals surface area contributed by atoms with Gasteiger partial charge < -0.3 is 19.7 Å². The molecule has 1 spiro atoms. The van der Waals surface area contributed by atoms with Gasteiger partial charge in [-0.2, -0.15) is 0 Å². The fourth-order valence-corrected chi connectivity index (χ4v) is 6.87. The molecule has 5 rings (SSSR count). The number of hydrogen-bond donors (Lipinski definition) is 1. The Bertz CT molecular complexity index is 938. The molecular formula is C27H37N3O3. The Morgan fingerprint density at radius 1 is 1.30 bits per heavy atom. The van der Waals surface area contributed by atoms with E-state index in [0.29, 0.717) is 25.3 Å². The Labute approximate surface area is 197 Å². The number of aliphatic imine (C=N–C) groups is 1. The zero-order valence-corrected chi connectivity index (χ0v) is 20.2. The Morgan fingerprint density at radius 2 is 2.03 bits per heavy atom. The SMILES string of the molecule is C=CC[C@]12C[C@@]3(O[C@H](C4CCNCC4)N=C3C[C@H](c3ccc(OC)cc3)[C@H]1C)N(CC)C2=O. The average Bonchev–Trinajstić information content (AvgIpc) is 3.29. The highest BCUT2D eigenvalue weighted by Gasteiger charge is 2.68. The van der Waals surface area contributed by atoms with Gasteiger partial charge >= 0.3 is 0 Å². The largest absolute Gasteiger partial charge is 0.497 e. The average molecular weight is 452 g/mol. The monoisotopic (exact) mass is 451 g/mol. The van der Waals surface area contributed by atoms with Crippen LogP contribution in [0.4, 0.5) is 0 Å². The van der Waals surface area contributed by atoms with Crippen LogP contribution in [0.25, 0.3) is 0 Å². The molecule has 6 heteroatoms. The Balaban J connectivity index is 1.60. The van der Waals surface area contributed by atoms with Gasteiger partial charge in [0.2, 0.25) is 5.91 Å². The van der Waals surface area contributed by atoms with Crippen molar-refractivity contribution in [2.24, 2.45) is 22.2 Å². The molecule has 4 aliphatic rings. The third-order valence-electron chi connectivity index (χ3n) is 8.76. The fraction of sp³-hybridized carbons (Fsp3) is 0.630. The summed E-state index contributed by atoms with van der Waals surface area (Å²) in [4.78, 5) is 21.4. The van der Waals surface area contributed by atoms with Crippen molar-refractivity contribution in [1.82, 2.24) is 10.2 Å². The number of allylic oxidation sites excluding steroid dienone is 1. The fourth-order valence-electron chi connectivity index (χ4n) is 6.87. The van der Waals surface area contributed by atoms with Gasteiger partial charge in [-0.15, -0.1) is 6.58 Å². The molecular weight excluding hydrogens is 414 g/mol. The van der Waals surface area contributed by atoms with E-state index in [-0.39, 0.29) is 24.0 Å². The summed E-state index contributed by atoms with van der Waals surface area (Å²) < 4.78 is 12.3. The highest BCUT2D eigenvalue weighted by Crippen LogP contribution is 2.60. The van der Waals surface area contributed by atoms with Crippen molar-refractivity contribution < 1.29 is 14.3 Å². The molecule has 0 aromatic heterocycles. The molecule has 1 saturated carbocycles. The lowest BCUT2D eigenvalue weighted by Gasteiger charge is -2.39. The maximum atomic E-state index is 14.1. The van der Waals surface area contributed by atoms with Crippen molar-refractivity contribution in [2.45, 2.75) is 63.8 Å². The first-order chi connectivity index (χ1) is 16.0. The summed E-state index contributed by atoms with van der Waals surface area (Å²) in [6, 6.07) is 8.34. The van der Waals surface area contributed by atoms with Gasteiger partial charge in [0.05, 0.1) is 18.2 Å².